The summed E-state index contributed by atoms with van der Waals surface area (Å²) >= 11 is 0. The van der Waals surface area contributed by atoms with Crippen LogP contribution < -0.4 is 4.74 Å². The molecule has 0 amide bonds. The number of aliphatic hydroxyl groups is 1. The molecule has 1 aromatic carbocycles. The third kappa shape index (κ3) is 2.28. The molecular formula is C13H17FO3. The Labute approximate surface area is 100 Å². The zero-order valence-corrected chi connectivity index (χ0v) is 10.1. The van der Waals surface area contributed by atoms with Crippen molar-refractivity contribution in [1.82, 2.24) is 0 Å². The largest absolute Gasteiger partial charge is 0.494 e. The van der Waals surface area contributed by atoms with Crippen molar-refractivity contribution in [2.75, 3.05) is 20.3 Å². The fourth-order valence-electron chi connectivity index (χ4n) is 2.19. The number of rotatable bonds is 3. The van der Waals surface area contributed by atoms with Gasteiger partial charge in [0.15, 0.2) is 11.6 Å². The predicted octanol–water partition coefficient (Wildman–Crippen LogP) is 2.08. The summed E-state index contributed by atoms with van der Waals surface area (Å²) in [5.74, 6) is -0.258. The van der Waals surface area contributed by atoms with E-state index < -0.39 is 11.4 Å². The summed E-state index contributed by atoms with van der Waals surface area (Å²) in [4.78, 5) is 0. The molecule has 1 heterocycles. The van der Waals surface area contributed by atoms with E-state index in [1.165, 1.54) is 19.2 Å². The highest BCUT2D eigenvalue weighted by Gasteiger charge is 2.36. The van der Waals surface area contributed by atoms with Gasteiger partial charge < -0.3 is 14.6 Å². The van der Waals surface area contributed by atoms with Gasteiger partial charge in [0.1, 0.15) is 0 Å². The van der Waals surface area contributed by atoms with Crippen molar-refractivity contribution in [2.24, 2.45) is 5.92 Å². The third-order valence-electron chi connectivity index (χ3n) is 3.46. The molecule has 0 radical (unpaired) electrons. The number of hydrogen-bond donors (Lipinski definition) is 1. The van der Waals surface area contributed by atoms with Gasteiger partial charge in [0.2, 0.25) is 0 Å². The Morgan fingerprint density at radius 2 is 2.29 bits per heavy atom. The summed E-state index contributed by atoms with van der Waals surface area (Å²) in [5, 5.41) is 10.5. The minimum absolute atomic E-state index is 0.00953. The average molecular weight is 240 g/mol. The quantitative estimate of drug-likeness (QED) is 0.879. The monoisotopic (exact) mass is 240 g/mol. The van der Waals surface area contributed by atoms with Crippen molar-refractivity contribution >= 4 is 0 Å². The number of hydrogen-bond acceptors (Lipinski definition) is 3. The van der Waals surface area contributed by atoms with Crippen LogP contribution in [0.2, 0.25) is 0 Å². The molecule has 2 rings (SSSR count). The summed E-state index contributed by atoms with van der Waals surface area (Å²) < 4.78 is 23.7. The standard InChI is InChI=1S/C13H17FO3/c1-13(15,10-5-6-17-8-10)9-3-4-12(16-2)11(14)7-9/h3-4,7,10,15H,5-6,8H2,1-2H3. The molecule has 0 spiro atoms. The van der Waals surface area contributed by atoms with E-state index in [1.807, 2.05) is 0 Å². The molecule has 0 aliphatic carbocycles. The first-order chi connectivity index (χ1) is 8.05. The van der Waals surface area contributed by atoms with E-state index in [0.717, 1.165) is 6.42 Å². The lowest BCUT2D eigenvalue weighted by Crippen LogP contribution is -2.32. The maximum Gasteiger partial charge on any atom is 0.165 e. The Hall–Kier alpha value is -1.13. The molecule has 2 atom stereocenters. The van der Waals surface area contributed by atoms with Crippen LogP contribution in [0.25, 0.3) is 0 Å². The van der Waals surface area contributed by atoms with Crippen LogP contribution in [0.3, 0.4) is 0 Å². The second-order valence-corrected chi connectivity index (χ2v) is 4.56. The maximum atomic E-state index is 13.6. The molecular weight excluding hydrogens is 223 g/mol. The van der Waals surface area contributed by atoms with Crippen molar-refractivity contribution in [2.45, 2.75) is 18.9 Å². The highest BCUT2D eigenvalue weighted by Crippen LogP contribution is 2.36. The van der Waals surface area contributed by atoms with Crippen LogP contribution in [0.5, 0.6) is 5.75 Å². The summed E-state index contributed by atoms with van der Waals surface area (Å²) in [5.41, 5.74) is -0.504. The van der Waals surface area contributed by atoms with Crippen LogP contribution in [0.15, 0.2) is 18.2 Å². The lowest BCUT2D eigenvalue weighted by Gasteiger charge is -2.29. The molecule has 3 nitrogen and oxygen atoms in total. The molecule has 17 heavy (non-hydrogen) atoms. The molecule has 94 valence electrons. The molecule has 0 aromatic heterocycles. The molecule has 4 heteroatoms. The van der Waals surface area contributed by atoms with Crippen molar-refractivity contribution in [1.29, 1.82) is 0 Å². The summed E-state index contributed by atoms with van der Waals surface area (Å²) in [6, 6.07) is 4.56. The van der Waals surface area contributed by atoms with Crippen LogP contribution in [0.1, 0.15) is 18.9 Å². The van der Waals surface area contributed by atoms with E-state index in [9.17, 15) is 9.50 Å². The lowest BCUT2D eigenvalue weighted by atomic mass is 9.82. The van der Waals surface area contributed by atoms with Gasteiger partial charge in [-0.15, -0.1) is 0 Å². The highest BCUT2D eigenvalue weighted by molar-refractivity contribution is 5.32. The molecule has 1 saturated heterocycles. The normalized spacial score (nSPS) is 23.4. The maximum absolute atomic E-state index is 13.6. The topological polar surface area (TPSA) is 38.7 Å². The smallest absolute Gasteiger partial charge is 0.165 e. The number of methoxy groups -OCH3 is 1. The number of ether oxygens (including phenoxy) is 2. The zero-order valence-electron chi connectivity index (χ0n) is 10.1. The fourth-order valence-corrected chi connectivity index (χ4v) is 2.19. The first kappa shape index (κ1) is 12.3. The van der Waals surface area contributed by atoms with E-state index in [0.29, 0.717) is 18.8 Å². The van der Waals surface area contributed by atoms with Gasteiger partial charge in [-0.3, -0.25) is 0 Å². The van der Waals surface area contributed by atoms with Crippen LogP contribution in [-0.2, 0) is 10.3 Å². The van der Waals surface area contributed by atoms with Crippen molar-refractivity contribution in [3.05, 3.63) is 29.6 Å². The molecule has 1 aliphatic rings. The van der Waals surface area contributed by atoms with Gasteiger partial charge in [0.25, 0.3) is 0 Å². The van der Waals surface area contributed by atoms with Gasteiger partial charge in [-0.1, -0.05) is 6.07 Å². The zero-order chi connectivity index (χ0) is 12.5. The van der Waals surface area contributed by atoms with Gasteiger partial charge in [-0.05, 0) is 31.0 Å². The summed E-state index contributed by atoms with van der Waals surface area (Å²) in [6.07, 6.45) is 0.792. The molecule has 1 aromatic rings. The van der Waals surface area contributed by atoms with E-state index in [2.05, 4.69) is 0 Å². The Morgan fingerprint density at radius 1 is 1.53 bits per heavy atom. The van der Waals surface area contributed by atoms with Gasteiger partial charge in [-0.2, -0.15) is 0 Å². The van der Waals surface area contributed by atoms with Crippen LogP contribution in [-0.4, -0.2) is 25.4 Å². The first-order valence-electron chi connectivity index (χ1n) is 5.70. The van der Waals surface area contributed by atoms with Crippen LogP contribution >= 0.6 is 0 Å². The highest BCUT2D eigenvalue weighted by atomic mass is 19.1. The number of halogens is 1. The van der Waals surface area contributed by atoms with Gasteiger partial charge in [0, 0.05) is 12.5 Å². The second-order valence-electron chi connectivity index (χ2n) is 4.56. The summed E-state index contributed by atoms with van der Waals surface area (Å²) in [6.45, 7) is 2.87. The van der Waals surface area contributed by atoms with Gasteiger partial charge in [-0.25, -0.2) is 4.39 Å². The minimum Gasteiger partial charge on any atom is -0.494 e. The van der Waals surface area contributed by atoms with E-state index in [-0.39, 0.29) is 11.7 Å². The van der Waals surface area contributed by atoms with E-state index in [4.69, 9.17) is 9.47 Å². The Bertz CT molecular complexity index is 398. The molecule has 1 fully saturated rings. The Kier molecular flexibility index (Phi) is 3.35. The summed E-state index contributed by atoms with van der Waals surface area (Å²) in [7, 11) is 1.42. The van der Waals surface area contributed by atoms with Crippen LogP contribution in [0.4, 0.5) is 4.39 Å². The lowest BCUT2D eigenvalue weighted by molar-refractivity contribution is -0.00999. The van der Waals surface area contributed by atoms with Crippen molar-refractivity contribution in [3.63, 3.8) is 0 Å². The van der Waals surface area contributed by atoms with Gasteiger partial charge >= 0.3 is 0 Å². The molecule has 1 N–H and O–H groups in total. The predicted molar refractivity (Wildman–Crippen MR) is 61.4 cm³/mol. The fraction of sp³-hybridized carbons (Fsp3) is 0.538. The van der Waals surface area contributed by atoms with Crippen molar-refractivity contribution < 1.29 is 19.0 Å². The average Bonchev–Trinajstić information content (AvgIpc) is 2.83. The van der Waals surface area contributed by atoms with Crippen molar-refractivity contribution in [3.8, 4) is 5.75 Å². The molecule has 1 aliphatic heterocycles. The molecule has 0 saturated carbocycles. The third-order valence-corrected chi connectivity index (χ3v) is 3.46. The molecule has 0 bridgehead atoms. The SMILES string of the molecule is COc1ccc(C(C)(O)C2CCOC2)cc1F. The first-order valence-corrected chi connectivity index (χ1v) is 5.70. The van der Waals surface area contributed by atoms with Crippen LogP contribution in [0, 0.1) is 11.7 Å². The van der Waals surface area contributed by atoms with E-state index in [1.54, 1.807) is 13.0 Å². The van der Waals surface area contributed by atoms with E-state index >= 15 is 0 Å². The Balaban J connectivity index is 2.29. The minimum atomic E-state index is -1.07. The molecule has 2 unspecified atom stereocenters. The second kappa shape index (κ2) is 4.63. The number of benzene rings is 1. The Morgan fingerprint density at radius 3 is 2.82 bits per heavy atom. The van der Waals surface area contributed by atoms with Gasteiger partial charge in [0.05, 0.1) is 19.3 Å².